The molecule has 1 amide bonds. The molecule has 4 heteroatoms. The molecule has 1 atom stereocenters. The summed E-state index contributed by atoms with van der Waals surface area (Å²) in [5, 5.41) is 3.99. The van der Waals surface area contributed by atoms with Gasteiger partial charge in [0.2, 0.25) is 0 Å². The molecule has 0 spiro atoms. The number of carbonyl (C=O) groups is 1. The minimum atomic E-state index is -0.176. The molecule has 1 unspecified atom stereocenters. The fraction of sp³-hybridized carbons (Fsp3) is 0.188. The van der Waals surface area contributed by atoms with Gasteiger partial charge in [0.15, 0.2) is 0 Å². The molecule has 2 heterocycles. The zero-order valence-electron chi connectivity index (χ0n) is 11.5. The second kappa shape index (κ2) is 4.89. The van der Waals surface area contributed by atoms with E-state index in [1.807, 2.05) is 56.6 Å². The van der Waals surface area contributed by atoms with Crippen LogP contribution in [0.1, 0.15) is 29.2 Å². The van der Waals surface area contributed by atoms with Crippen LogP contribution in [0.5, 0.6) is 0 Å². The minimum Gasteiger partial charge on any atom is -0.459 e. The maximum Gasteiger partial charge on any atom is 0.268 e. The number of nitrogens with zero attached hydrogens (tertiary/aromatic N) is 1. The van der Waals surface area contributed by atoms with E-state index in [-0.39, 0.29) is 11.9 Å². The molecular weight excluding hydrogens is 252 g/mol. The van der Waals surface area contributed by atoms with Gasteiger partial charge in [-0.2, -0.15) is 0 Å². The Kier molecular flexibility index (Phi) is 3.06. The summed E-state index contributed by atoms with van der Waals surface area (Å²) >= 11 is 0. The summed E-state index contributed by atoms with van der Waals surface area (Å²) in [4.78, 5) is 12.2. The lowest BCUT2D eigenvalue weighted by molar-refractivity contribution is 0.0927. The molecule has 0 saturated carbocycles. The molecule has 3 rings (SSSR count). The molecular formula is C16H16N2O2. The van der Waals surface area contributed by atoms with Gasteiger partial charge in [-0.3, -0.25) is 4.79 Å². The Labute approximate surface area is 117 Å². The third-order valence-corrected chi connectivity index (χ3v) is 3.40. The van der Waals surface area contributed by atoms with E-state index in [9.17, 15) is 4.79 Å². The van der Waals surface area contributed by atoms with Gasteiger partial charge in [0.25, 0.3) is 5.91 Å². The van der Waals surface area contributed by atoms with Crippen LogP contribution in [0.4, 0.5) is 0 Å². The number of para-hydroxylation sites is 1. The third kappa shape index (κ3) is 2.20. The first-order valence-electron chi connectivity index (χ1n) is 6.56. The van der Waals surface area contributed by atoms with Crippen LogP contribution in [0.25, 0.3) is 11.0 Å². The molecule has 0 aliphatic rings. The van der Waals surface area contributed by atoms with Crippen molar-refractivity contribution in [1.82, 2.24) is 9.88 Å². The fourth-order valence-corrected chi connectivity index (χ4v) is 2.25. The van der Waals surface area contributed by atoms with Crippen LogP contribution in [0.3, 0.4) is 0 Å². The number of hydrogen-bond donors (Lipinski definition) is 1. The average molecular weight is 268 g/mol. The SMILES string of the molecule is CC(NC(=O)c1cccn1C)c1cc2ccccc2o1. The van der Waals surface area contributed by atoms with Crippen molar-refractivity contribution >= 4 is 16.9 Å². The molecule has 0 saturated heterocycles. The summed E-state index contributed by atoms with van der Waals surface area (Å²) in [5.74, 6) is 0.652. The van der Waals surface area contributed by atoms with Crippen LogP contribution in [-0.2, 0) is 7.05 Å². The van der Waals surface area contributed by atoms with E-state index in [0.29, 0.717) is 5.69 Å². The van der Waals surface area contributed by atoms with Gasteiger partial charge in [0.05, 0.1) is 6.04 Å². The van der Waals surface area contributed by atoms with Crippen LogP contribution in [0.15, 0.2) is 53.1 Å². The van der Waals surface area contributed by atoms with E-state index in [4.69, 9.17) is 4.42 Å². The molecule has 0 fully saturated rings. The van der Waals surface area contributed by atoms with Crippen LogP contribution in [0.2, 0.25) is 0 Å². The normalized spacial score (nSPS) is 12.5. The van der Waals surface area contributed by atoms with E-state index in [1.54, 1.807) is 10.6 Å². The largest absolute Gasteiger partial charge is 0.459 e. The number of aromatic nitrogens is 1. The Hall–Kier alpha value is -2.49. The Morgan fingerprint density at radius 3 is 2.75 bits per heavy atom. The maximum absolute atomic E-state index is 12.2. The number of benzene rings is 1. The Morgan fingerprint density at radius 1 is 1.25 bits per heavy atom. The molecule has 4 nitrogen and oxygen atoms in total. The summed E-state index contributed by atoms with van der Waals surface area (Å²) in [6.45, 7) is 1.92. The van der Waals surface area contributed by atoms with Gasteiger partial charge >= 0.3 is 0 Å². The molecule has 1 aromatic carbocycles. The van der Waals surface area contributed by atoms with Gasteiger partial charge in [-0.05, 0) is 31.2 Å². The first kappa shape index (κ1) is 12.5. The molecule has 0 bridgehead atoms. The molecule has 20 heavy (non-hydrogen) atoms. The Bertz CT molecular complexity index is 722. The predicted octanol–water partition coefficient (Wildman–Crippen LogP) is 3.26. The Balaban J connectivity index is 1.80. The van der Waals surface area contributed by atoms with E-state index in [0.717, 1.165) is 16.7 Å². The third-order valence-electron chi connectivity index (χ3n) is 3.40. The summed E-state index contributed by atoms with van der Waals surface area (Å²) in [5.41, 5.74) is 1.47. The van der Waals surface area contributed by atoms with Crippen molar-refractivity contribution in [3.8, 4) is 0 Å². The lowest BCUT2D eigenvalue weighted by Gasteiger charge is -2.11. The second-order valence-electron chi connectivity index (χ2n) is 4.89. The summed E-state index contributed by atoms with van der Waals surface area (Å²) in [7, 11) is 1.85. The number of carbonyl (C=O) groups excluding carboxylic acids is 1. The number of fused-ring (bicyclic) bond motifs is 1. The van der Waals surface area contributed by atoms with Gasteiger partial charge < -0.3 is 14.3 Å². The molecule has 0 radical (unpaired) electrons. The minimum absolute atomic E-state index is 0.106. The molecule has 0 aliphatic carbocycles. The molecule has 0 aliphatic heterocycles. The Morgan fingerprint density at radius 2 is 2.05 bits per heavy atom. The van der Waals surface area contributed by atoms with E-state index < -0.39 is 0 Å². The zero-order valence-corrected chi connectivity index (χ0v) is 11.5. The summed E-state index contributed by atoms with van der Waals surface area (Å²) in [6.07, 6.45) is 1.85. The number of nitrogens with one attached hydrogen (secondary N) is 1. The molecule has 102 valence electrons. The van der Waals surface area contributed by atoms with Crippen LogP contribution >= 0.6 is 0 Å². The smallest absolute Gasteiger partial charge is 0.268 e. The molecule has 3 aromatic rings. The first-order valence-corrected chi connectivity index (χ1v) is 6.56. The van der Waals surface area contributed by atoms with Crippen molar-refractivity contribution in [3.05, 3.63) is 60.1 Å². The van der Waals surface area contributed by atoms with Gasteiger partial charge in [-0.1, -0.05) is 18.2 Å². The zero-order chi connectivity index (χ0) is 14.1. The van der Waals surface area contributed by atoms with Crippen molar-refractivity contribution in [3.63, 3.8) is 0 Å². The number of amides is 1. The lowest BCUT2D eigenvalue weighted by Crippen LogP contribution is -2.27. The maximum atomic E-state index is 12.2. The van der Waals surface area contributed by atoms with Crippen molar-refractivity contribution in [2.45, 2.75) is 13.0 Å². The predicted molar refractivity (Wildman–Crippen MR) is 77.5 cm³/mol. The highest BCUT2D eigenvalue weighted by Gasteiger charge is 2.16. The van der Waals surface area contributed by atoms with Crippen LogP contribution < -0.4 is 5.32 Å². The number of aryl methyl sites for hydroxylation is 1. The highest BCUT2D eigenvalue weighted by atomic mass is 16.3. The quantitative estimate of drug-likeness (QED) is 0.792. The average Bonchev–Trinajstić information content (AvgIpc) is 3.04. The van der Waals surface area contributed by atoms with Gasteiger partial charge in [-0.25, -0.2) is 0 Å². The standard InChI is InChI=1S/C16H16N2O2/c1-11(17-16(19)13-7-5-9-18(13)2)15-10-12-6-3-4-8-14(12)20-15/h3-11H,1-2H3,(H,17,19). The van der Waals surface area contributed by atoms with Crippen molar-refractivity contribution in [1.29, 1.82) is 0 Å². The second-order valence-corrected chi connectivity index (χ2v) is 4.89. The van der Waals surface area contributed by atoms with Crippen molar-refractivity contribution < 1.29 is 9.21 Å². The number of rotatable bonds is 3. The molecule has 1 N–H and O–H groups in total. The highest BCUT2D eigenvalue weighted by Crippen LogP contribution is 2.23. The van der Waals surface area contributed by atoms with Gasteiger partial charge in [0.1, 0.15) is 17.0 Å². The number of hydrogen-bond acceptors (Lipinski definition) is 2. The summed E-state index contributed by atoms with van der Waals surface area (Å²) < 4.78 is 7.55. The van der Waals surface area contributed by atoms with E-state index >= 15 is 0 Å². The summed E-state index contributed by atoms with van der Waals surface area (Å²) in [6, 6.07) is 13.2. The topological polar surface area (TPSA) is 47.2 Å². The first-order chi connectivity index (χ1) is 9.65. The lowest BCUT2D eigenvalue weighted by atomic mass is 10.2. The van der Waals surface area contributed by atoms with Gasteiger partial charge in [0, 0.05) is 18.6 Å². The fourth-order valence-electron chi connectivity index (χ4n) is 2.25. The van der Waals surface area contributed by atoms with Crippen LogP contribution in [0, 0.1) is 0 Å². The monoisotopic (exact) mass is 268 g/mol. The van der Waals surface area contributed by atoms with Crippen molar-refractivity contribution in [2.75, 3.05) is 0 Å². The molecule has 2 aromatic heterocycles. The van der Waals surface area contributed by atoms with Crippen molar-refractivity contribution in [2.24, 2.45) is 7.05 Å². The van der Waals surface area contributed by atoms with Crippen LogP contribution in [-0.4, -0.2) is 10.5 Å². The number of furan rings is 1. The van der Waals surface area contributed by atoms with E-state index in [2.05, 4.69) is 5.32 Å². The highest BCUT2D eigenvalue weighted by molar-refractivity contribution is 5.93. The van der Waals surface area contributed by atoms with E-state index in [1.165, 1.54) is 0 Å². The van der Waals surface area contributed by atoms with Gasteiger partial charge in [-0.15, -0.1) is 0 Å².